The average molecular weight is 456 g/mol. The molecule has 0 spiro atoms. The Bertz CT molecular complexity index is 1230. The van der Waals surface area contributed by atoms with Gasteiger partial charge in [-0.05, 0) is 62.4 Å². The smallest absolute Gasteiger partial charge is 0.244 e. The van der Waals surface area contributed by atoms with Crippen molar-refractivity contribution in [3.05, 3.63) is 54.2 Å². The minimum Gasteiger partial charge on any atom is -0.492 e. The molecule has 1 amide bonds. The predicted molar refractivity (Wildman–Crippen MR) is 126 cm³/mol. The Kier molecular flexibility index (Phi) is 6.53. The van der Waals surface area contributed by atoms with Gasteiger partial charge in [0.2, 0.25) is 15.9 Å². The predicted octanol–water partition coefficient (Wildman–Crippen LogP) is 4.16. The van der Waals surface area contributed by atoms with E-state index in [0.29, 0.717) is 31.1 Å². The maximum atomic E-state index is 13.1. The number of ether oxygens (including phenoxy) is 1. The van der Waals surface area contributed by atoms with E-state index in [1.165, 1.54) is 10.4 Å². The molecule has 0 saturated carbocycles. The van der Waals surface area contributed by atoms with Gasteiger partial charge in [0.15, 0.2) is 0 Å². The quantitative estimate of drug-likeness (QED) is 0.580. The Hall–Kier alpha value is -2.84. The Morgan fingerprint density at radius 3 is 2.56 bits per heavy atom. The number of nitrogens with zero attached hydrogens (tertiary/aromatic N) is 2. The van der Waals surface area contributed by atoms with Crippen molar-refractivity contribution in [1.82, 2.24) is 8.87 Å². The first kappa shape index (κ1) is 22.4. The van der Waals surface area contributed by atoms with E-state index in [-0.39, 0.29) is 17.3 Å². The standard InChI is InChI=1S/C24H29N3O4S/c1-3-31-23-12-11-20(32(29,30)26-13-7-4-8-14-26)16-21(23)25-24(28)17-27-18(2)15-19-9-5-6-10-22(19)27/h5-6,9-12,15-16H,3-4,7-8,13-14,17H2,1-2H3,(H,25,28). The van der Waals surface area contributed by atoms with Crippen LogP contribution in [-0.2, 0) is 21.4 Å². The van der Waals surface area contributed by atoms with Gasteiger partial charge in [0.05, 0.1) is 17.2 Å². The summed E-state index contributed by atoms with van der Waals surface area (Å²) < 4.78 is 35.3. The van der Waals surface area contributed by atoms with Gasteiger partial charge in [-0.3, -0.25) is 4.79 Å². The van der Waals surface area contributed by atoms with Crippen molar-refractivity contribution >= 4 is 32.5 Å². The van der Waals surface area contributed by atoms with Crippen LogP contribution in [0.2, 0.25) is 0 Å². The molecule has 1 aliphatic heterocycles. The number of aromatic nitrogens is 1. The largest absolute Gasteiger partial charge is 0.492 e. The van der Waals surface area contributed by atoms with Gasteiger partial charge in [0.1, 0.15) is 12.3 Å². The molecule has 32 heavy (non-hydrogen) atoms. The van der Waals surface area contributed by atoms with Crippen LogP contribution >= 0.6 is 0 Å². The zero-order valence-corrected chi connectivity index (χ0v) is 19.3. The molecule has 2 aromatic carbocycles. The van der Waals surface area contributed by atoms with E-state index in [0.717, 1.165) is 35.9 Å². The molecule has 0 aliphatic carbocycles. The minimum absolute atomic E-state index is 0.119. The number of rotatable bonds is 7. The van der Waals surface area contributed by atoms with E-state index >= 15 is 0 Å². The van der Waals surface area contributed by atoms with Gasteiger partial charge >= 0.3 is 0 Å². The van der Waals surface area contributed by atoms with Crippen LogP contribution in [-0.4, -0.2) is 42.9 Å². The highest BCUT2D eigenvalue weighted by atomic mass is 32.2. The van der Waals surface area contributed by atoms with Crippen molar-refractivity contribution in [2.75, 3.05) is 25.0 Å². The van der Waals surface area contributed by atoms with Crippen LogP contribution in [0.5, 0.6) is 5.75 Å². The number of carbonyl (C=O) groups excluding carboxylic acids is 1. The molecule has 4 rings (SSSR count). The van der Waals surface area contributed by atoms with Crippen LogP contribution in [0, 0.1) is 6.92 Å². The van der Waals surface area contributed by atoms with Crippen LogP contribution in [0.25, 0.3) is 10.9 Å². The van der Waals surface area contributed by atoms with Crippen molar-refractivity contribution in [2.45, 2.75) is 44.6 Å². The van der Waals surface area contributed by atoms with Crippen LogP contribution in [0.4, 0.5) is 5.69 Å². The lowest BCUT2D eigenvalue weighted by Crippen LogP contribution is -2.35. The number of hydrogen-bond donors (Lipinski definition) is 1. The number of aryl methyl sites for hydroxylation is 1. The second kappa shape index (κ2) is 9.34. The summed E-state index contributed by atoms with van der Waals surface area (Å²) in [5.41, 5.74) is 2.32. The number of carbonyl (C=O) groups is 1. The molecular weight excluding hydrogens is 426 g/mol. The van der Waals surface area contributed by atoms with Crippen LogP contribution < -0.4 is 10.1 Å². The fourth-order valence-corrected chi connectivity index (χ4v) is 5.74. The molecule has 0 atom stereocenters. The van der Waals surface area contributed by atoms with Crippen molar-refractivity contribution in [3.8, 4) is 5.75 Å². The van der Waals surface area contributed by atoms with Crippen LogP contribution in [0.1, 0.15) is 31.9 Å². The first-order valence-corrected chi connectivity index (χ1v) is 12.5. The number of sulfonamides is 1. The second-order valence-electron chi connectivity index (χ2n) is 8.03. The second-order valence-corrected chi connectivity index (χ2v) is 9.97. The third-order valence-electron chi connectivity index (χ3n) is 5.80. The molecule has 1 aromatic heterocycles. The highest BCUT2D eigenvalue weighted by Crippen LogP contribution is 2.30. The van der Waals surface area contributed by atoms with Crippen molar-refractivity contribution < 1.29 is 17.9 Å². The molecular formula is C24H29N3O4S. The van der Waals surface area contributed by atoms with Gasteiger partial charge in [0, 0.05) is 24.3 Å². The first-order valence-electron chi connectivity index (χ1n) is 11.0. The number of fused-ring (bicyclic) bond motifs is 1. The molecule has 0 bridgehead atoms. The molecule has 8 heteroatoms. The number of amides is 1. The number of para-hydroxylation sites is 1. The normalized spacial score (nSPS) is 15.1. The topological polar surface area (TPSA) is 80.6 Å². The summed E-state index contributed by atoms with van der Waals surface area (Å²) in [6, 6.07) is 14.6. The fourth-order valence-electron chi connectivity index (χ4n) is 4.19. The van der Waals surface area contributed by atoms with Crippen molar-refractivity contribution in [3.63, 3.8) is 0 Å². The molecule has 1 saturated heterocycles. The summed E-state index contributed by atoms with van der Waals surface area (Å²) in [7, 11) is -3.62. The number of hydrogen-bond acceptors (Lipinski definition) is 4. The van der Waals surface area contributed by atoms with Gasteiger partial charge in [-0.25, -0.2) is 8.42 Å². The van der Waals surface area contributed by atoms with Gasteiger partial charge in [-0.2, -0.15) is 4.31 Å². The van der Waals surface area contributed by atoms with E-state index in [1.54, 1.807) is 12.1 Å². The Morgan fingerprint density at radius 1 is 1.06 bits per heavy atom. The minimum atomic E-state index is -3.62. The Balaban J connectivity index is 1.60. The SMILES string of the molecule is CCOc1ccc(S(=O)(=O)N2CCCCC2)cc1NC(=O)Cn1c(C)cc2ccccc21. The van der Waals surface area contributed by atoms with E-state index in [9.17, 15) is 13.2 Å². The van der Waals surface area contributed by atoms with E-state index in [4.69, 9.17) is 4.74 Å². The number of anilines is 1. The molecule has 2 heterocycles. The summed E-state index contributed by atoms with van der Waals surface area (Å²) in [6.45, 7) is 5.38. The lowest BCUT2D eigenvalue weighted by Gasteiger charge is -2.26. The average Bonchev–Trinajstić information content (AvgIpc) is 3.10. The third-order valence-corrected chi connectivity index (χ3v) is 7.69. The molecule has 0 unspecified atom stereocenters. The first-order chi connectivity index (χ1) is 15.4. The van der Waals surface area contributed by atoms with Crippen molar-refractivity contribution in [2.24, 2.45) is 0 Å². The highest BCUT2D eigenvalue weighted by Gasteiger charge is 2.27. The lowest BCUT2D eigenvalue weighted by molar-refractivity contribution is -0.116. The Morgan fingerprint density at radius 2 is 1.81 bits per heavy atom. The third kappa shape index (κ3) is 4.52. The fraction of sp³-hybridized carbons (Fsp3) is 0.375. The Labute approximate surface area is 189 Å². The monoisotopic (exact) mass is 455 g/mol. The maximum absolute atomic E-state index is 13.1. The maximum Gasteiger partial charge on any atom is 0.244 e. The summed E-state index contributed by atoms with van der Waals surface area (Å²) in [4.78, 5) is 13.1. The number of benzene rings is 2. The highest BCUT2D eigenvalue weighted by molar-refractivity contribution is 7.89. The van der Waals surface area contributed by atoms with Gasteiger partial charge in [0.25, 0.3) is 0 Å². The van der Waals surface area contributed by atoms with Gasteiger partial charge in [-0.1, -0.05) is 24.6 Å². The summed E-state index contributed by atoms with van der Waals surface area (Å²) in [5.74, 6) is 0.204. The molecule has 1 aliphatic rings. The van der Waals surface area contributed by atoms with Crippen LogP contribution in [0.3, 0.4) is 0 Å². The lowest BCUT2D eigenvalue weighted by atomic mass is 10.2. The van der Waals surface area contributed by atoms with Gasteiger partial charge in [-0.15, -0.1) is 0 Å². The van der Waals surface area contributed by atoms with Crippen molar-refractivity contribution in [1.29, 1.82) is 0 Å². The summed E-state index contributed by atoms with van der Waals surface area (Å²) in [5, 5.41) is 3.94. The molecule has 0 radical (unpaired) electrons. The number of piperidine rings is 1. The van der Waals surface area contributed by atoms with E-state index in [2.05, 4.69) is 5.32 Å². The summed E-state index contributed by atoms with van der Waals surface area (Å²) >= 11 is 0. The van der Waals surface area contributed by atoms with Crippen LogP contribution in [0.15, 0.2) is 53.4 Å². The molecule has 1 N–H and O–H groups in total. The van der Waals surface area contributed by atoms with E-state index < -0.39 is 10.0 Å². The zero-order chi connectivity index (χ0) is 22.7. The molecule has 170 valence electrons. The summed E-state index contributed by atoms with van der Waals surface area (Å²) in [6.07, 6.45) is 2.78. The van der Waals surface area contributed by atoms with E-state index in [1.807, 2.05) is 48.7 Å². The molecule has 7 nitrogen and oxygen atoms in total. The zero-order valence-electron chi connectivity index (χ0n) is 18.5. The molecule has 3 aromatic rings. The number of nitrogens with one attached hydrogen (secondary N) is 1. The van der Waals surface area contributed by atoms with Gasteiger partial charge < -0.3 is 14.6 Å². The molecule has 1 fully saturated rings.